The zero-order valence-corrected chi connectivity index (χ0v) is 22.5. The molecule has 6 N–H and O–H groups in total. The van der Waals surface area contributed by atoms with Gasteiger partial charge in [0.05, 0.1) is 0 Å². The number of fused-ring (bicyclic) bond motifs is 2. The van der Waals surface area contributed by atoms with E-state index in [4.69, 9.17) is 0 Å². The number of carboxylic acids is 2. The van der Waals surface area contributed by atoms with E-state index >= 15 is 0 Å². The van der Waals surface area contributed by atoms with Gasteiger partial charge in [-0.25, -0.2) is 14.7 Å². The molecule has 17 heteroatoms. The van der Waals surface area contributed by atoms with Gasteiger partial charge in [0.25, 0.3) is 11.8 Å². The van der Waals surface area contributed by atoms with Crippen LogP contribution in [-0.2, 0) is 19.2 Å². The molecule has 0 spiro atoms. The third-order valence-electron chi connectivity index (χ3n) is 6.45. The highest BCUT2D eigenvalue weighted by molar-refractivity contribution is 8.01. The predicted molar refractivity (Wildman–Crippen MR) is 143 cm³/mol. The van der Waals surface area contributed by atoms with Gasteiger partial charge in [-0.05, 0) is 41.8 Å². The predicted octanol–water partition coefficient (Wildman–Crippen LogP) is -0.0791. The van der Waals surface area contributed by atoms with E-state index in [1.165, 1.54) is 42.1 Å². The van der Waals surface area contributed by atoms with Crippen molar-refractivity contribution in [3.63, 3.8) is 0 Å². The number of aliphatic carboxylic acids is 2. The molecule has 0 saturated carbocycles. The van der Waals surface area contributed by atoms with Crippen molar-refractivity contribution in [1.29, 1.82) is 0 Å². The van der Waals surface area contributed by atoms with Gasteiger partial charge in [0, 0.05) is 17.4 Å². The van der Waals surface area contributed by atoms with E-state index in [1.54, 1.807) is 6.07 Å². The number of H-pyrrole nitrogens is 1. The van der Waals surface area contributed by atoms with Gasteiger partial charge in [0.2, 0.25) is 0 Å². The topological polar surface area (TPSA) is 228 Å². The first-order valence-electron chi connectivity index (χ1n) is 12.1. The smallest absolute Gasteiger partial charge is 0.364 e. The number of hydrogen-bond acceptors (Lipinski definition) is 11. The van der Waals surface area contributed by atoms with Gasteiger partial charge in [0.15, 0.2) is 11.8 Å². The molecule has 0 aliphatic carbocycles. The largest absolute Gasteiger partial charge is 0.508 e. The highest BCUT2D eigenvalue weighted by Crippen LogP contribution is 2.44. The minimum absolute atomic E-state index is 0.00957. The molecule has 0 radical (unpaired) electrons. The number of hydrogen-bond donors (Lipinski definition) is 6. The number of aromatic nitrogens is 4. The molecular formula is C24H22N6O9S2. The molecule has 2 unspecified atom stereocenters. The van der Waals surface area contributed by atoms with Crippen LogP contribution >= 0.6 is 23.5 Å². The summed E-state index contributed by atoms with van der Waals surface area (Å²) in [7, 11) is 0. The fourth-order valence-corrected chi connectivity index (χ4v) is 7.19. The van der Waals surface area contributed by atoms with Gasteiger partial charge >= 0.3 is 17.6 Å². The van der Waals surface area contributed by atoms with Crippen LogP contribution in [0.4, 0.5) is 0 Å². The Kier molecular flexibility index (Phi) is 7.74. The summed E-state index contributed by atoms with van der Waals surface area (Å²) in [4.78, 5) is 62.6. The van der Waals surface area contributed by atoms with Gasteiger partial charge in [-0.15, -0.1) is 11.8 Å². The zero-order chi connectivity index (χ0) is 29.4. The van der Waals surface area contributed by atoms with E-state index in [0.717, 1.165) is 21.2 Å². The van der Waals surface area contributed by atoms with Crippen LogP contribution in [0.2, 0.25) is 0 Å². The molecule has 1 aromatic carbocycles. The van der Waals surface area contributed by atoms with E-state index in [1.807, 2.05) is 0 Å². The highest BCUT2D eigenvalue weighted by atomic mass is 32.2. The summed E-state index contributed by atoms with van der Waals surface area (Å²) in [5.41, 5.74) is -0.235. The Balaban J connectivity index is 1.39. The molecule has 15 nitrogen and oxygen atoms in total. The summed E-state index contributed by atoms with van der Waals surface area (Å²) in [5, 5.41) is 50.9. The second-order valence-electron chi connectivity index (χ2n) is 9.08. The van der Waals surface area contributed by atoms with Crippen molar-refractivity contribution in [3.05, 3.63) is 63.7 Å². The van der Waals surface area contributed by atoms with Gasteiger partial charge in [0.1, 0.15) is 27.9 Å². The molecule has 2 aliphatic heterocycles. The summed E-state index contributed by atoms with van der Waals surface area (Å²) < 4.78 is 1.02. The molecular weight excluding hydrogens is 580 g/mol. The average Bonchev–Trinajstić information content (AvgIpc) is 3.32. The Morgan fingerprint density at radius 1 is 1.20 bits per heavy atom. The number of β-lactam (4-membered cyclic amide) rings is 1. The number of aromatic hydroxyl groups is 1. The number of phenols is 1. The van der Waals surface area contributed by atoms with Crippen molar-refractivity contribution < 1.29 is 39.6 Å². The van der Waals surface area contributed by atoms with Gasteiger partial charge in [-0.2, -0.15) is 14.7 Å². The minimum atomic E-state index is -1.67. The van der Waals surface area contributed by atoms with Crippen molar-refractivity contribution in [1.82, 2.24) is 30.0 Å². The molecule has 4 heterocycles. The summed E-state index contributed by atoms with van der Waals surface area (Å²) in [6.07, 6.45) is -1.96. The molecule has 3 aromatic rings. The SMILES string of the molecule is O=C(O)CCC(Sc1ccc2n[nH]c(=O)n2n1)C1=C(C(=O)O)N2C(=O)C(NC(=O)[C@H](O)c3cccc(O)c3)[C@H]2SC1. The first-order valence-corrected chi connectivity index (χ1v) is 14.0. The Morgan fingerprint density at radius 2 is 1.98 bits per heavy atom. The molecule has 0 bridgehead atoms. The summed E-state index contributed by atoms with van der Waals surface area (Å²) in [6.45, 7) is 0. The standard InChI is InChI=1S/C24H22N6O9S2/c31-11-3-1-2-10(8-11)19(34)20(35)25-17-21(36)29-18(23(37)38)12(9-40-22(17)29)13(4-7-16(32)33)41-15-6-5-14-26-27-24(39)30(14)28-15/h1-3,5-6,8,13,17,19,22,31,34H,4,7,9H2,(H,25,35)(H,27,39)(H,32,33)(H,37,38)/t13?,17?,19-,22-/m1/s1. The molecule has 1 fully saturated rings. The number of benzene rings is 1. The average molecular weight is 603 g/mol. The van der Waals surface area contributed by atoms with Crippen LogP contribution in [0.3, 0.4) is 0 Å². The third kappa shape index (κ3) is 5.50. The maximum atomic E-state index is 13.1. The lowest BCUT2D eigenvalue weighted by Crippen LogP contribution is -2.71. The summed E-state index contributed by atoms with van der Waals surface area (Å²) >= 11 is 2.24. The van der Waals surface area contributed by atoms with Gasteiger partial charge < -0.3 is 25.7 Å². The molecule has 214 valence electrons. The first-order chi connectivity index (χ1) is 19.5. The molecule has 2 aromatic heterocycles. The second-order valence-corrected chi connectivity index (χ2v) is 11.4. The maximum absolute atomic E-state index is 13.1. The number of phenolic OH excluding ortho intramolecular Hbond substituents is 1. The fourth-order valence-electron chi connectivity index (χ4n) is 4.52. The quantitative estimate of drug-likeness (QED) is 0.132. The van der Waals surface area contributed by atoms with E-state index in [-0.39, 0.29) is 41.3 Å². The van der Waals surface area contributed by atoms with Crippen LogP contribution in [0.1, 0.15) is 24.5 Å². The van der Waals surface area contributed by atoms with Crippen molar-refractivity contribution in [3.8, 4) is 5.75 Å². The Morgan fingerprint density at radius 3 is 2.68 bits per heavy atom. The lowest BCUT2D eigenvalue weighted by Gasteiger charge is -2.50. The van der Waals surface area contributed by atoms with Crippen molar-refractivity contribution in [2.75, 3.05) is 5.75 Å². The lowest BCUT2D eigenvalue weighted by molar-refractivity contribution is -0.151. The van der Waals surface area contributed by atoms with Gasteiger partial charge in [-0.1, -0.05) is 23.9 Å². The lowest BCUT2D eigenvalue weighted by atomic mass is 9.99. The van der Waals surface area contributed by atoms with E-state index in [2.05, 4.69) is 20.6 Å². The number of aliphatic hydroxyl groups is 1. The van der Waals surface area contributed by atoms with Crippen molar-refractivity contribution >= 4 is 52.9 Å². The molecule has 2 amide bonds. The van der Waals surface area contributed by atoms with Crippen molar-refractivity contribution in [2.24, 2.45) is 0 Å². The van der Waals surface area contributed by atoms with Crippen LogP contribution in [0.5, 0.6) is 5.75 Å². The van der Waals surface area contributed by atoms with Crippen LogP contribution in [0.25, 0.3) is 5.65 Å². The molecule has 2 aliphatic rings. The Labute approximate surface area is 238 Å². The van der Waals surface area contributed by atoms with E-state index in [9.17, 15) is 44.4 Å². The minimum Gasteiger partial charge on any atom is -0.508 e. The first kappa shape index (κ1) is 28.2. The second kappa shape index (κ2) is 11.3. The normalized spacial score (nSPS) is 19.8. The molecule has 1 saturated heterocycles. The van der Waals surface area contributed by atoms with Crippen LogP contribution in [-0.4, -0.2) is 91.3 Å². The number of carbonyl (C=O) groups excluding carboxylic acids is 2. The Hall–Kier alpha value is -4.35. The number of thioether (sulfide) groups is 2. The van der Waals surface area contributed by atoms with E-state index in [0.29, 0.717) is 10.6 Å². The zero-order valence-electron chi connectivity index (χ0n) is 20.8. The number of nitrogens with zero attached hydrogens (tertiary/aromatic N) is 4. The molecule has 4 atom stereocenters. The number of carboxylic acid groups (broad SMARTS) is 2. The number of nitrogens with one attached hydrogen (secondary N) is 2. The number of amides is 2. The number of carbonyl (C=O) groups is 4. The van der Waals surface area contributed by atoms with Crippen LogP contribution in [0.15, 0.2) is 57.5 Å². The molecule has 41 heavy (non-hydrogen) atoms. The van der Waals surface area contributed by atoms with Crippen molar-refractivity contribution in [2.45, 2.75) is 40.6 Å². The number of aromatic amines is 1. The fraction of sp³-hybridized carbons (Fsp3) is 0.292. The van der Waals surface area contributed by atoms with Crippen LogP contribution in [0, 0.1) is 0 Å². The van der Waals surface area contributed by atoms with Gasteiger partial charge in [-0.3, -0.25) is 19.3 Å². The summed E-state index contributed by atoms with van der Waals surface area (Å²) in [5.74, 6) is -4.17. The third-order valence-corrected chi connectivity index (χ3v) is 9.02. The summed E-state index contributed by atoms with van der Waals surface area (Å²) in [6, 6.07) is 7.42. The van der Waals surface area contributed by atoms with Crippen LogP contribution < -0.4 is 11.0 Å². The number of aliphatic hydroxyl groups excluding tert-OH is 1. The maximum Gasteiger partial charge on any atom is 0.364 e. The highest BCUT2D eigenvalue weighted by Gasteiger charge is 2.55. The Bertz CT molecular complexity index is 1650. The molecule has 5 rings (SSSR count). The number of rotatable bonds is 10. The monoisotopic (exact) mass is 602 g/mol. The van der Waals surface area contributed by atoms with E-state index < -0.39 is 52.2 Å².